The minimum absolute atomic E-state index is 0.201. The highest BCUT2D eigenvalue weighted by molar-refractivity contribution is 7.14. The molecule has 2 heterocycles. The molecular formula is C12H11N3O2S. The molecule has 2 aromatic rings. The third kappa shape index (κ3) is 2.92. The Morgan fingerprint density at radius 3 is 2.89 bits per heavy atom. The van der Waals surface area contributed by atoms with Crippen molar-refractivity contribution in [1.29, 1.82) is 0 Å². The fourth-order valence-electron chi connectivity index (χ4n) is 1.46. The van der Waals surface area contributed by atoms with Gasteiger partial charge >= 0.3 is 0 Å². The molecule has 3 N–H and O–H groups in total. The molecule has 0 spiro atoms. The predicted molar refractivity (Wildman–Crippen MR) is 69.4 cm³/mol. The van der Waals surface area contributed by atoms with Crippen LogP contribution in [-0.2, 0) is 11.2 Å². The number of nitrogens with zero attached hydrogens (tertiary/aromatic N) is 1. The van der Waals surface area contributed by atoms with Gasteiger partial charge in [-0.15, -0.1) is 11.3 Å². The van der Waals surface area contributed by atoms with Gasteiger partial charge in [0.2, 0.25) is 5.91 Å². The lowest BCUT2D eigenvalue weighted by Crippen LogP contribution is -2.17. The smallest absolute Gasteiger partial charge is 0.251 e. The normalized spacial score (nSPS) is 10.0. The number of carbonyl (C=O) groups is 2. The second-order valence-corrected chi connectivity index (χ2v) is 4.53. The van der Waals surface area contributed by atoms with Crippen LogP contribution >= 0.6 is 11.3 Å². The van der Waals surface area contributed by atoms with Crippen molar-refractivity contribution >= 4 is 28.2 Å². The fourth-order valence-corrected chi connectivity index (χ4v) is 2.27. The number of rotatable bonds is 4. The highest BCUT2D eigenvalue weighted by Gasteiger charge is 2.12. The number of amides is 2. The van der Waals surface area contributed by atoms with Crippen molar-refractivity contribution in [3.8, 4) is 0 Å². The summed E-state index contributed by atoms with van der Waals surface area (Å²) in [6.07, 6.45) is 3.48. The number of aromatic nitrogens is 1. The van der Waals surface area contributed by atoms with Crippen LogP contribution in [-0.4, -0.2) is 16.8 Å². The summed E-state index contributed by atoms with van der Waals surface area (Å²) in [6.45, 7) is 0. The van der Waals surface area contributed by atoms with E-state index in [9.17, 15) is 9.59 Å². The van der Waals surface area contributed by atoms with Crippen LogP contribution in [0.25, 0.3) is 0 Å². The van der Waals surface area contributed by atoms with Crippen molar-refractivity contribution in [3.05, 3.63) is 47.1 Å². The zero-order valence-corrected chi connectivity index (χ0v) is 10.2. The molecule has 0 radical (unpaired) electrons. The maximum Gasteiger partial charge on any atom is 0.251 e. The maximum atomic E-state index is 11.8. The van der Waals surface area contributed by atoms with Gasteiger partial charge in [0.15, 0.2) is 0 Å². The van der Waals surface area contributed by atoms with Gasteiger partial charge in [0.05, 0.1) is 12.0 Å². The Morgan fingerprint density at radius 1 is 1.39 bits per heavy atom. The molecule has 0 unspecified atom stereocenters. The molecule has 0 saturated carbocycles. The van der Waals surface area contributed by atoms with Gasteiger partial charge in [-0.25, -0.2) is 0 Å². The summed E-state index contributed by atoms with van der Waals surface area (Å²) < 4.78 is 0. The Hall–Kier alpha value is -2.21. The molecule has 0 bridgehead atoms. The van der Waals surface area contributed by atoms with Crippen LogP contribution in [0.4, 0.5) is 5.00 Å². The Balaban J connectivity index is 2.04. The Bertz CT molecular complexity index is 566. The molecule has 92 valence electrons. The average Bonchev–Trinajstić information content (AvgIpc) is 2.78. The lowest BCUT2D eigenvalue weighted by atomic mass is 10.2. The summed E-state index contributed by atoms with van der Waals surface area (Å²) in [6, 6.07) is 5.17. The second-order valence-electron chi connectivity index (χ2n) is 3.61. The summed E-state index contributed by atoms with van der Waals surface area (Å²) >= 11 is 1.27. The Labute approximate surface area is 108 Å². The monoisotopic (exact) mass is 261 g/mol. The van der Waals surface area contributed by atoms with E-state index in [1.807, 2.05) is 6.07 Å². The van der Waals surface area contributed by atoms with Crippen molar-refractivity contribution in [3.63, 3.8) is 0 Å². The van der Waals surface area contributed by atoms with Crippen molar-refractivity contribution in [2.45, 2.75) is 6.42 Å². The summed E-state index contributed by atoms with van der Waals surface area (Å²) in [5.41, 5.74) is 6.34. The number of hydrogen-bond donors (Lipinski definition) is 2. The van der Waals surface area contributed by atoms with Gasteiger partial charge in [-0.2, -0.15) is 0 Å². The minimum atomic E-state index is -0.548. The van der Waals surface area contributed by atoms with E-state index >= 15 is 0 Å². The molecule has 6 heteroatoms. The highest BCUT2D eigenvalue weighted by atomic mass is 32.1. The quantitative estimate of drug-likeness (QED) is 0.872. The van der Waals surface area contributed by atoms with E-state index in [1.54, 1.807) is 29.9 Å². The molecular weight excluding hydrogens is 250 g/mol. The van der Waals surface area contributed by atoms with Gasteiger partial charge in [0.1, 0.15) is 5.00 Å². The largest absolute Gasteiger partial charge is 0.366 e. The maximum absolute atomic E-state index is 11.8. The van der Waals surface area contributed by atoms with E-state index in [0.717, 1.165) is 5.56 Å². The molecule has 2 rings (SSSR count). The van der Waals surface area contributed by atoms with Gasteiger partial charge in [0.25, 0.3) is 5.91 Å². The number of anilines is 1. The van der Waals surface area contributed by atoms with Crippen LogP contribution in [0.5, 0.6) is 0 Å². The molecule has 18 heavy (non-hydrogen) atoms. The predicted octanol–water partition coefficient (Wildman–Crippen LogP) is 1.42. The Kier molecular flexibility index (Phi) is 3.69. The zero-order valence-electron chi connectivity index (χ0n) is 9.42. The van der Waals surface area contributed by atoms with Crippen LogP contribution < -0.4 is 11.1 Å². The van der Waals surface area contributed by atoms with Crippen LogP contribution in [0.1, 0.15) is 15.9 Å². The summed E-state index contributed by atoms with van der Waals surface area (Å²) in [4.78, 5) is 26.8. The van der Waals surface area contributed by atoms with Crippen molar-refractivity contribution in [1.82, 2.24) is 4.98 Å². The number of pyridine rings is 1. The molecule has 0 aromatic carbocycles. The van der Waals surface area contributed by atoms with E-state index in [0.29, 0.717) is 10.6 Å². The first kappa shape index (κ1) is 12.3. The number of nitrogens with two attached hydrogens (primary N) is 1. The summed E-state index contributed by atoms with van der Waals surface area (Å²) in [5, 5.41) is 4.86. The fraction of sp³-hybridized carbons (Fsp3) is 0.0833. The molecule has 2 aromatic heterocycles. The third-order valence-corrected chi connectivity index (χ3v) is 3.10. The van der Waals surface area contributed by atoms with Crippen LogP contribution in [0, 0.1) is 0 Å². The van der Waals surface area contributed by atoms with Gasteiger partial charge in [-0.05, 0) is 23.1 Å². The van der Waals surface area contributed by atoms with Gasteiger partial charge in [-0.1, -0.05) is 6.07 Å². The minimum Gasteiger partial charge on any atom is -0.366 e. The van der Waals surface area contributed by atoms with E-state index in [4.69, 9.17) is 5.73 Å². The highest BCUT2D eigenvalue weighted by Crippen LogP contribution is 2.22. The van der Waals surface area contributed by atoms with Gasteiger partial charge in [0, 0.05) is 12.4 Å². The standard InChI is InChI=1S/C12H11N3O2S/c13-11(17)9-3-5-18-12(9)15-10(16)6-8-2-1-4-14-7-8/h1-5,7H,6H2,(H2,13,17)(H,15,16). The molecule has 5 nitrogen and oxygen atoms in total. The number of thiophene rings is 1. The van der Waals surface area contributed by atoms with Gasteiger partial charge in [-0.3, -0.25) is 14.6 Å². The molecule has 2 amide bonds. The van der Waals surface area contributed by atoms with E-state index in [-0.39, 0.29) is 12.3 Å². The van der Waals surface area contributed by atoms with Crippen LogP contribution in [0.2, 0.25) is 0 Å². The first-order valence-corrected chi connectivity index (χ1v) is 6.11. The molecule has 0 saturated heterocycles. The summed E-state index contributed by atoms with van der Waals surface area (Å²) in [7, 11) is 0. The number of hydrogen-bond acceptors (Lipinski definition) is 4. The molecule has 0 atom stereocenters. The summed E-state index contributed by atoms with van der Waals surface area (Å²) in [5.74, 6) is -0.749. The first-order chi connectivity index (χ1) is 8.66. The lowest BCUT2D eigenvalue weighted by molar-refractivity contribution is -0.115. The van der Waals surface area contributed by atoms with Crippen molar-refractivity contribution in [2.75, 3.05) is 5.32 Å². The number of nitrogens with one attached hydrogen (secondary N) is 1. The number of carbonyl (C=O) groups excluding carboxylic acids is 2. The molecule has 0 aliphatic carbocycles. The number of primary amides is 1. The van der Waals surface area contributed by atoms with E-state index in [1.165, 1.54) is 11.3 Å². The first-order valence-electron chi connectivity index (χ1n) is 5.23. The lowest BCUT2D eigenvalue weighted by Gasteiger charge is -2.04. The molecule has 0 fully saturated rings. The Morgan fingerprint density at radius 2 is 2.22 bits per heavy atom. The van der Waals surface area contributed by atoms with E-state index < -0.39 is 5.91 Å². The van der Waals surface area contributed by atoms with Gasteiger partial charge < -0.3 is 11.1 Å². The zero-order chi connectivity index (χ0) is 13.0. The average molecular weight is 261 g/mol. The molecule has 0 aliphatic rings. The topological polar surface area (TPSA) is 85.1 Å². The SMILES string of the molecule is NC(=O)c1ccsc1NC(=O)Cc1cccnc1. The second kappa shape index (κ2) is 5.42. The third-order valence-electron chi connectivity index (χ3n) is 2.27. The van der Waals surface area contributed by atoms with Crippen molar-refractivity contribution < 1.29 is 9.59 Å². The molecule has 0 aliphatic heterocycles. The van der Waals surface area contributed by atoms with E-state index in [2.05, 4.69) is 10.3 Å². The van der Waals surface area contributed by atoms with Crippen molar-refractivity contribution in [2.24, 2.45) is 5.73 Å². The van der Waals surface area contributed by atoms with Crippen LogP contribution in [0.3, 0.4) is 0 Å². The van der Waals surface area contributed by atoms with Crippen LogP contribution in [0.15, 0.2) is 36.0 Å².